The predicted octanol–water partition coefficient (Wildman–Crippen LogP) is 0.268. The van der Waals surface area contributed by atoms with Crippen LogP contribution in [0.4, 0.5) is 0 Å². The Bertz CT molecular complexity index is 498. The molecule has 0 spiro atoms. The SMILES string of the molecule is CN(C(=O)c1ccc(C#CCO)cn1)C(C)(C)CO. The van der Waals surface area contributed by atoms with E-state index in [2.05, 4.69) is 16.8 Å². The molecule has 1 rings (SSSR count). The van der Waals surface area contributed by atoms with Crippen molar-refractivity contribution >= 4 is 5.91 Å². The van der Waals surface area contributed by atoms with Gasteiger partial charge >= 0.3 is 0 Å². The Balaban J connectivity index is 2.89. The van der Waals surface area contributed by atoms with Gasteiger partial charge in [-0.05, 0) is 26.0 Å². The molecular weight excluding hydrogens is 244 g/mol. The van der Waals surface area contributed by atoms with Gasteiger partial charge in [-0.3, -0.25) is 4.79 Å². The van der Waals surface area contributed by atoms with Crippen molar-refractivity contribution < 1.29 is 15.0 Å². The van der Waals surface area contributed by atoms with Crippen molar-refractivity contribution in [2.75, 3.05) is 20.3 Å². The average molecular weight is 262 g/mol. The van der Waals surface area contributed by atoms with Gasteiger partial charge in [-0.25, -0.2) is 4.98 Å². The maximum absolute atomic E-state index is 12.2. The number of aromatic nitrogens is 1. The molecule has 0 unspecified atom stereocenters. The second-order valence-corrected chi connectivity index (χ2v) is 4.73. The van der Waals surface area contributed by atoms with Gasteiger partial charge in [0.1, 0.15) is 12.3 Å². The first-order valence-electron chi connectivity index (χ1n) is 5.87. The van der Waals surface area contributed by atoms with Crippen LogP contribution in [0.25, 0.3) is 0 Å². The van der Waals surface area contributed by atoms with E-state index in [1.807, 2.05) is 0 Å². The van der Waals surface area contributed by atoms with Gasteiger partial charge in [-0.2, -0.15) is 0 Å². The van der Waals surface area contributed by atoms with Gasteiger partial charge in [0, 0.05) is 18.8 Å². The van der Waals surface area contributed by atoms with Crippen LogP contribution >= 0.6 is 0 Å². The van der Waals surface area contributed by atoms with E-state index in [1.54, 1.807) is 33.0 Å². The number of amides is 1. The predicted molar refractivity (Wildman–Crippen MR) is 71.5 cm³/mol. The summed E-state index contributed by atoms with van der Waals surface area (Å²) in [6.45, 7) is 3.20. The Morgan fingerprint density at radius 1 is 1.42 bits per heavy atom. The minimum absolute atomic E-state index is 0.130. The van der Waals surface area contributed by atoms with Gasteiger partial charge < -0.3 is 15.1 Å². The minimum Gasteiger partial charge on any atom is -0.394 e. The first kappa shape index (κ1) is 15.2. The number of aliphatic hydroxyl groups excluding tert-OH is 2. The highest BCUT2D eigenvalue weighted by Gasteiger charge is 2.28. The van der Waals surface area contributed by atoms with Crippen LogP contribution in [0, 0.1) is 11.8 Å². The molecule has 1 aromatic heterocycles. The lowest BCUT2D eigenvalue weighted by molar-refractivity contribution is 0.0467. The fourth-order valence-electron chi connectivity index (χ4n) is 1.29. The highest BCUT2D eigenvalue weighted by atomic mass is 16.3. The van der Waals surface area contributed by atoms with Crippen LogP contribution in [0.5, 0.6) is 0 Å². The van der Waals surface area contributed by atoms with E-state index in [-0.39, 0.29) is 19.1 Å². The van der Waals surface area contributed by atoms with Crippen LogP contribution in [0.15, 0.2) is 18.3 Å². The molecule has 19 heavy (non-hydrogen) atoms. The van der Waals surface area contributed by atoms with Crippen molar-refractivity contribution in [3.8, 4) is 11.8 Å². The number of likely N-dealkylation sites (N-methyl/N-ethyl adjacent to an activating group) is 1. The normalized spacial score (nSPS) is 10.6. The molecule has 0 saturated heterocycles. The highest BCUT2D eigenvalue weighted by Crippen LogP contribution is 2.14. The van der Waals surface area contributed by atoms with Crippen molar-refractivity contribution in [3.63, 3.8) is 0 Å². The first-order valence-corrected chi connectivity index (χ1v) is 5.87. The van der Waals surface area contributed by atoms with Crippen LogP contribution in [0.1, 0.15) is 29.9 Å². The van der Waals surface area contributed by atoms with Crippen LogP contribution in [-0.4, -0.2) is 51.8 Å². The maximum atomic E-state index is 12.2. The van der Waals surface area contributed by atoms with Crippen molar-refractivity contribution in [3.05, 3.63) is 29.6 Å². The third-order valence-corrected chi connectivity index (χ3v) is 2.89. The van der Waals surface area contributed by atoms with Gasteiger partial charge in [0.25, 0.3) is 5.91 Å². The molecule has 102 valence electrons. The minimum atomic E-state index is -0.645. The monoisotopic (exact) mass is 262 g/mol. The molecule has 0 saturated carbocycles. The van der Waals surface area contributed by atoms with Crippen molar-refractivity contribution in [1.82, 2.24) is 9.88 Å². The Morgan fingerprint density at radius 2 is 2.11 bits per heavy atom. The summed E-state index contributed by atoms with van der Waals surface area (Å²) >= 11 is 0. The fraction of sp³-hybridized carbons (Fsp3) is 0.429. The summed E-state index contributed by atoms with van der Waals surface area (Å²) < 4.78 is 0. The Kier molecular flexibility index (Phi) is 5.04. The van der Waals surface area contributed by atoms with Crippen LogP contribution < -0.4 is 0 Å². The maximum Gasteiger partial charge on any atom is 0.272 e. The third-order valence-electron chi connectivity index (χ3n) is 2.89. The Morgan fingerprint density at radius 3 is 2.58 bits per heavy atom. The summed E-state index contributed by atoms with van der Waals surface area (Å²) in [5.41, 5.74) is 0.280. The molecule has 0 radical (unpaired) electrons. The Labute approximate surface area is 112 Å². The number of aliphatic hydroxyl groups is 2. The highest BCUT2D eigenvalue weighted by molar-refractivity contribution is 5.92. The van der Waals surface area contributed by atoms with E-state index in [4.69, 9.17) is 5.11 Å². The summed E-state index contributed by atoms with van der Waals surface area (Å²) in [6, 6.07) is 3.25. The zero-order valence-corrected chi connectivity index (χ0v) is 11.3. The van der Waals surface area contributed by atoms with Gasteiger partial charge in [-0.1, -0.05) is 11.8 Å². The fourth-order valence-corrected chi connectivity index (χ4v) is 1.29. The number of pyridine rings is 1. The van der Waals surface area contributed by atoms with E-state index < -0.39 is 5.54 Å². The molecule has 5 heteroatoms. The molecule has 2 N–H and O–H groups in total. The second-order valence-electron chi connectivity index (χ2n) is 4.73. The summed E-state index contributed by atoms with van der Waals surface area (Å²) in [6.07, 6.45) is 1.48. The van der Waals surface area contributed by atoms with Crippen molar-refractivity contribution in [2.24, 2.45) is 0 Å². The van der Waals surface area contributed by atoms with Crippen molar-refractivity contribution in [1.29, 1.82) is 0 Å². The van der Waals surface area contributed by atoms with Gasteiger partial charge in [0.05, 0.1) is 12.1 Å². The number of carbonyl (C=O) groups excluding carboxylic acids is 1. The first-order chi connectivity index (χ1) is 8.92. The lowest BCUT2D eigenvalue weighted by atomic mass is 10.0. The number of hydrogen-bond donors (Lipinski definition) is 2. The van der Waals surface area contributed by atoms with Crippen LogP contribution in [0.2, 0.25) is 0 Å². The van der Waals surface area contributed by atoms with Crippen LogP contribution in [0.3, 0.4) is 0 Å². The van der Waals surface area contributed by atoms with Crippen LogP contribution in [-0.2, 0) is 0 Å². The molecule has 0 atom stereocenters. The summed E-state index contributed by atoms with van der Waals surface area (Å²) in [5.74, 6) is 4.95. The largest absolute Gasteiger partial charge is 0.394 e. The summed E-state index contributed by atoms with van der Waals surface area (Å²) in [5, 5.41) is 17.8. The molecule has 1 aromatic rings. The lowest BCUT2D eigenvalue weighted by Crippen LogP contribution is -2.47. The quantitative estimate of drug-likeness (QED) is 0.767. The van der Waals surface area contributed by atoms with Crippen molar-refractivity contribution in [2.45, 2.75) is 19.4 Å². The Hall–Kier alpha value is -1.90. The molecule has 0 aliphatic heterocycles. The molecule has 5 nitrogen and oxygen atoms in total. The smallest absolute Gasteiger partial charge is 0.272 e. The molecule has 0 aliphatic rings. The van der Waals surface area contributed by atoms with E-state index in [9.17, 15) is 9.90 Å². The molecule has 0 fully saturated rings. The van der Waals surface area contributed by atoms with E-state index in [0.717, 1.165) is 0 Å². The molecule has 0 aliphatic carbocycles. The average Bonchev–Trinajstić information content (AvgIpc) is 2.44. The molecular formula is C14H18N2O3. The topological polar surface area (TPSA) is 73.7 Å². The number of hydrogen-bond acceptors (Lipinski definition) is 4. The van der Waals surface area contributed by atoms with Gasteiger partial charge in [-0.15, -0.1) is 0 Å². The van der Waals surface area contributed by atoms with Gasteiger partial charge in [0.15, 0.2) is 0 Å². The third kappa shape index (κ3) is 3.78. The number of carbonyl (C=O) groups is 1. The zero-order chi connectivity index (χ0) is 14.5. The number of nitrogens with zero attached hydrogens (tertiary/aromatic N) is 2. The van der Waals surface area contributed by atoms with Gasteiger partial charge in [0.2, 0.25) is 0 Å². The second kappa shape index (κ2) is 6.32. The molecule has 0 bridgehead atoms. The number of rotatable bonds is 3. The van der Waals surface area contributed by atoms with E-state index in [1.165, 1.54) is 11.1 Å². The lowest BCUT2D eigenvalue weighted by Gasteiger charge is -2.33. The summed E-state index contributed by atoms with van der Waals surface area (Å²) in [4.78, 5) is 17.6. The standard InChI is InChI=1S/C14H18N2O3/c1-14(2,10-18)16(3)13(19)12-7-6-11(9-15-12)5-4-8-17/h6-7,9,17-18H,8,10H2,1-3H3. The summed E-state index contributed by atoms with van der Waals surface area (Å²) in [7, 11) is 1.62. The molecule has 1 heterocycles. The molecule has 0 aromatic carbocycles. The molecule has 1 amide bonds. The zero-order valence-electron chi connectivity index (χ0n) is 11.3. The van der Waals surface area contributed by atoms with E-state index in [0.29, 0.717) is 11.3 Å². The van der Waals surface area contributed by atoms with E-state index >= 15 is 0 Å².